The van der Waals surface area contributed by atoms with Crippen LogP contribution in [0.4, 0.5) is 0 Å². The number of aromatic nitrogens is 2. The summed E-state index contributed by atoms with van der Waals surface area (Å²) < 4.78 is 33.7. The van der Waals surface area contributed by atoms with E-state index in [0.717, 1.165) is 5.56 Å². The van der Waals surface area contributed by atoms with Gasteiger partial charge in [0.25, 0.3) is 0 Å². The summed E-state index contributed by atoms with van der Waals surface area (Å²) in [5.41, 5.74) is 1.82. The normalized spacial score (nSPS) is 11.6. The van der Waals surface area contributed by atoms with Crippen molar-refractivity contribution in [1.82, 2.24) is 9.78 Å². The molecule has 0 saturated carbocycles. The summed E-state index contributed by atoms with van der Waals surface area (Å²) in [4.78, 5) is 12.4. The van der Waals surface area contributed by atoms with Gasteiger partial charge in [-0.3, -0.25) is 4.79 Å². The maximum atomic E-state index is 13.4. The maximum absolute atomic E-state index is 13.4. The van der Waals surface area contributed by atoms with E-state index in [1.165, 1.54) is 4.68 Å². The van der Waals surface area contributed by atoms with Gasteiger partial charge in [0.05, 0.1) is 16.3 Å². The molecule has 0 saturated heterocycles. The molecular weight excluding hydrogens is 388 g/mol. The van der Waals surface area contributed by atoms with Crippen molar-refractivity contribution in [2.24, 2.45) is 5.92 Å². The van der Waals surface area contributed by atoms with E-state index in [0.29, 0.717) is 5.69 Å². The molecule has 2 aromatic carbocycles. The van der Waals surface area contributed by atoms with Gasteiger partial charge in [-0.1, -0.05) is 49.7 Å². The van der Waals surface area contributed by atoms with Crippen LogP contribution in [0.3, 0.4) is 0 Å². The molecule has 6 nitrogen and oxygen atoms in total. The second-order valence-corrected chi connectivity index (χ2v) is 9.24. The largest absolute Gasteiger partial charge is 0.406 e. The molecule has 0 N–H and O–H groups in total. The van der Waals surface area contributed by atoms with Crippen molar-refractivity contribution in [1.29, 1.82) is 0 Å². The molecule has 0 aliphatic carbocycles. The second kappa shape index (κ2) is 8.21. The summed E-state index contributed by atoms with van der Waals surface area (Å²) in [6.45, 7) is 7.27. The first-order valence-electron chi connectivity index (χ1n) is 9.37. The SMILES string of the molecule is Cc1ccc(S(=O)(=O)c2c(C)nn(-c3ccccc3)c2OC(=O)CC(C)C)cc1. The molecule has 0 radical (unpaired) electrons. The van der Waals surface area contributed by atoms with Crippen LogP contribution in [0.2, 0.25) is 0 Å². The zero-order valence-corrected chi connectivity index (χ0v) is 17.7. The number of sulfone groups is 1. The van der Waals surface area contributed by atoms with Gasteiger partial charge in [0, 0.05) is 6.42 Å². The van der Waals surface area contributed by atoms with E-state index in [1.807, 2.05) is 26.8 Å². The highest BCUT2D eigenvalue weighted by Crippen LogP contribution is 2.34. The summed E-state index contributed by atoms with van der Waals surface area (Å²) in [7, 11) is -3.94. The van der Waals surface area contributed by atoms with Gasteiger partial charge in [-0.05, 0) is 44.0 Å². The van der Waals surface area contributed by atoms with Crippen LogP contribution >= 0.6 is 0 Å². The predicted molar refractivity (Wildman–Crippen MR) is 110 cm³/mol. The van der Waals surface area contributed by atoms with Crippen LogP contribution in [0.5, 0.6) is 5.88 Å². The molecular formula is C22H24N2O4S. The van der Waals surface area contributed by atoms with Gasteiger partial charge >= 0.3 is 5.97 Å². The van der Waals surface area contributed by atoms with Gasteiger partial charge in [-0.2, -0.15) is 9.78 Å². The van der Waals surface area contributed by atoms with Crippen LogP contribution in [-0.4, -0.2) is 24.2 Å². The summed E-state index contributed by atoms with van der Waals surface area (Å²) in [5, 5.41) is 4.38. The molecule has 7 heteroatoms. The number of hydrogen-bond donors (Lipinski definition) is 0. The molecule has 1 heterocycles. The molecule has 0 spiro atoms. The third-order valence-corrected chi connectivity index (χ3v) is 6.25. The quantitative estimate of drug-likeness (QED) is 0.565. The lowest BCUT2D eigenvalue weighted by Gasteiger charge is -2.12. The Morgan fingerprint density at radius 1 is 1.03 bits per heavy atom. The van der Waals surface area contributed by atoms with E-state index in [1.54, 1.807) is 55.5 Å². The molecule has 0 aliphatic heterocycles. The molecule has 0 aliphatic rings. The highest BCUT2D eigenvalue weighted by molar-refractivity contribution is 7.91. The zero-order valence-electron chi connectivity index (χ0n) is 16.9. The minimum atomic E-state index is -3.94. The van der Waals surface area contributed by atoms with Crippen molar-refractivity contribution in [3.8, 4) is 11.6 Å². The number of benzene rings is 2. The van der Waals surface area contributed by atoms with Crippen molar-refractivity contribution in [2.45, 2.75) is 43.9 Å². The van der Waals surface area contributed by atoms with E-state index in [9.17, 15) is 13.2 Å². The van der Waals surface area contributed by atoms with Gasteiger partial charge in [0.1, 0.15) is 0 Å². The zero-order chi connectivity index (χ0) is 21.2. The first-order chi connectivity index (χ1) is 13.7. The second-order valence-electron chi connectivity index (χ2n) is 7.36. The molecule has 0 atom stereocenters. The summed E-state index contributed by atoms with van der Waals surface area (Å²) >= 11 is 0. The summed E-state index contributed by atoms with van der Waals surface area (Å²) in [6.07, 6.45) is 0.170. The van der Waals surface area contributed by atoms with E-state index < -0.39 is 15.8 Å². The predicted octanol–water partition coefficient (Wildman–Crippen LogP) is 4.27. The average Bonchev–Trinajstić information content (AvgIpc) is 2.98. The van der Waals surface area contributed by atoms with Crippen LogP contribution in [0.25, 0.3) is 5.69 Å². The van der Waals surface area contributed by atoms with Crippen LogP contribution in [0.15, 0.2) is 64.4 Å². The minimum Gasteiger partial charge on any atom is -0.406 e. The molecule has 0 unspecified atom stereocenters. The Hall–Kier alpha value is -2.93. The number of rotatable bonds is 6. The minimum absolute atomic E-state index is 0.0776. The number of para-hydroxylation sites is 1. The Balaban J connectivity index is 2.19. The van der Waals surface area contributed by atoms with Crippen LogP contribution in [0, 0.1) is 19.8 Å². The number of hydrogen-bond acceptors (Lipinski definition) is 5. The Bertz CT molecular complexity index is 1120. The first-order valence-corrected chi connectivity index (χ1v) is 10.9. The summed E-state index contributed by atoms with van der Waals surface area (Å²) in [6, 6.07) is 15.5. The average molecular weight is 413 g/mol. The van der Waals surface area contributed by atoms with E-state index in [4.69, 9.17) is 4.74 Å². The highest BCUT2D eigenvalue weighted by Gasteiger charge is 2.32. The van der Waals surface area contributed by atoms with Crippen molar-refractivity contribution in [3.05, 3.63) is 65.9 Å². The monoisotopic (exact) mass is 412 g/mol. The Morgan fingerprint density at radius 2 is 1.66 bits per heavy atom. The van der Waals surface area contributed by atoms with Crippen LogP contribution in [0.1, 0.15) is 31.5 Å². The molecule has 29 heavy (non-hydrogen) atoms. The lowest BCUT2D eigenvalue weighted by molar-refractivity contribution is -0.135. The van der Waals surface area contributed by atoms with E-state index in [-0.39, 0.29) is 33.7 Å². The lowest BCUT2D eigenvalue weighted by atomic mass is 10.1. The lowest BCUT2D eigenvalue weighted by Crippen LogP contribution is -2.15. The van der Waals surface area contributed by atoms with Gasteiger partial charge < -0.3 is 4.74 Å². The van der Waals surface area contributed by atoms with Gasteiger partial charge in [-0.25, -0.2) is 8.42 Å². The molecule has 0 bridgehead atoms. The Kier molecular flexibility index (Phi) is 5.88. The Morgan fingerprint density at radius 3 is 2.24 bits per heavy atom. The number of nitrogens with zero attached hydrogens (tertiary/aromatic N) is 2. The highest BCUT2D eigenvalue weighted by atomic mass is 32.2. The summed E-state index contributed by atoms with van der Waals surface area (Å²) in [5.74, 6) is -0.508. The van der Waals surface area contributed by atoms with Crippen LogP contribution in [-0.2, 0) is 14.6 Å². The number of ether oxygens (including phenoxy) is 1. The fraction of sp³-hybridized carbons (Fsp3) is 0.273. The molecule has 0 amide bonds. The first kappa shape index (κ1) is 20.8. The van der Waals surface area contributed by atoms with E-state index >= 15 is 0 Å². The topological polar surface area (TPSA) is 78.3 Å². The van der Waals surface area contributed by atoms with Crippen molar-refractivity contribution < 1.29 is 17.9 Å². The van der Waals surface area contributed by atoms with Gasteiger partial charge in [0.2, 0.25) is 15.7 Å². The smallest absolute Gasteiger partial charge is 0.312 e. The van der Waals surface area contributed by atoms with Gasteiger partial charge in [-0.15, -0.1) is 0 Å². The molecule has 3 aromatic rings. The third kappa shape index (κ3) is 4.40. The van der Waals surface area contributed by atoms with Crippen molar-refractivity contribution >= 4 is 15.8 Å². The number of carbonyl (C=O) groups is 1. The standard InChI is InChI=1S/C22H24N2O4S/c1-15(2)14-20(25)28-22-21(29(26,27)19-12-10-16(3)11-13-19)17(4)23-24(22)18-8-6-5-7-9-18/h5-13,15H,14H2,1-4H3. The van der Waals surface area contributed by atoms with Crippen molar-refractivity contribution in [2.75, 3.05) is 0 Å². The number of carbonyl (C=O) groups excluding carboxylic acids is 1. The fourth-order valence-corrected chi connectivity index (χ4v) is 4.47. The molecule has 0 fully saturated rings. The molecule has 3 rings (SSSR count). The fourth-order valence-electron chi connectivity index (χ4n) is 2.95. The van der Waals surface area contributed by atoms with E-state index in [2.05, 4.69) is 5.10 Å². The molecule has 152 valence electrons. The maximum Gasteiger partial charge on any atom is 0.312 e. The Labute approximate surface area is 171 Å². The molecule has 1 aromatic heterocycles. The van der Waals surface area contributed by atoms with Crippen molar-refractivity contribution in [3.63, 3.8) is 0 Å². The van der Waals surface area contributed by atoms with Gasteiger partial charge in [0.15, 0.2) is 4.90 Å². The number of esters is 1. The van der Waals surface area contributed by atoms with Crippen LogP contribution < -0.4 is 4.74 Å². The third-order valence-electron chi connectivity index (χ3n) is 4.35. The number of aryl methyl sites for hydroxylation is 2.